The maximum Gasteiger partial charge on any atom is 0.303 e. The van der Waals surface area contributed by atoms with Crippen LogP contribution in [0.1, 0.15) is 47.5 Å². The minimum atomic E-state index is -1.24. The molecule has 0 heterocycles. The lowest BCUT2D eigenvalue weighted by Gasteiger charge is -2.33. The second-order valence-electron chi connectivity index (χ2n) is 8.91. The number of hydrogen-bond donors (Lipinski definition) is 0. The van der Waals surface area contributed by atoms with Crippen molar-refractivity contribution < 1.29 is 47.5 Å². The molecule has 3 atom stereocenters. The van der Waals surface area contributed by atoms with E-state index >= 15 is 0 Å². The lowest BCUT2D eigenvalue weighted by Crippen LogP contribution is -2.33. The molecule has 0 aromatic heterocycles. The van der Waals surface area contributed by atoms with E-state index in [4.69, 9.17) is 33.2 Å². The molecule has 3 rings (SSSR count). The van der Waals surface area contributed by atoms with Gasteiger partial charge in [-0.25, -0.2) is 0 Å². The number of carbonyl (C=O) groups is 3. The van der Waals surface area contributed by atoms with Crippen LogP contribution in [0.25, 0.3) is 0 Å². The summed E-state index contributed by atoms with van der Waals surface area (Å²) in [4.78, 5) is 39.3. The van der Waals surface area contributed by atoms with Gasteiger partial charge in [-0.05, 0) is 59.7 Å². The first-order chi connectivity index (χ1) is 19.7. The Balaban J connectivity index is 2.31. The predicted molar refractivity (Wildman–Crippen MR) is 149 cm³/mol. The standard InChI is InChI=1S/C31H34O10/c1-18(32)40-30(21-10-14-24(36-4)26(16-21)38-6)28(29(34)20-8-12-23(35-3)13-9-20)31(41-19(2)33)22-11-15-25(37-5)27(17-22)39-7/h8-17,28,30-31H,1-7H3/t28?,30-,31+. The summed E-state index contributed by atoms with van der Waals surface area (Å²) in [5, 5.41) is 0. The number of ketones is 1. The van der Waals surface area contributed by atoms with Gasteiger partial charge in [-0.1, -0.05) is 12.1 Å². The van der Waals surface area contributed by atoms with Gasteiger partial charge in [0.15, 0.2) is 28.8 Å². The number of carbonyl (C=O) groups excluding carboxylic acids is 3. The molecule has 0 amide bonds. The molecule has 41 heavy (non-hydrogen) atoms. The molecular weight excluding hydrogens is 532 g/mol. The van der Waals surface area contributed by atoms with E-state index in [2.05, 4.69) is 0 Å². The highest BCUT2D eigenvalue weighted by molar-refractivity contribution is 5.99. The maximum atomic E-state index is 14.4. The number of methoxy groups -OCH3 is 5. The number of rotatable bonds is 13. The van der Waals surface area contributed by atoms with Crippen LogP contribution in [-0.4, -0.2) is 53.3 Å². The maximum absolute atomic E-state index is 14.4. The second-order valence-corrected chi connectivity index (χ2v) is 8.91. The fourth-order valence-electron chi connectivity index (χ4n) is 4.50. The van der Waals surface area contributed by atoms with Crippen LogP contribution in [0.3, 0.4) is 0 Å². The Labute approximate surface area is 239 Å². The largest absolute Gasteiger partial charge is 0.497 e. The van der Waals surface area contributed by atoms with Crippen LogP contribution >= 0.6 is 0 Å². The fourth-order valence-corrected chi connectivity index (χ4v) is 4.50. The van der Waals surface area contributed by atoms with E-state index in [1.807, 2.05) is 0 Å². The number of ether oxygens (including phenoxy) is 7. The van der Waals surface area contributed by atoms with Gasteiger partial charge in [0.05, 0.1) is 35.5 Å². The summed E-state index contributed by atoms with van der Waals surface area (Å²) in [6, 6.07) is 16.3. The van der Waals surface area contributed by atoms with Crippen molar-refractivity contribution in [2.75, 3.05) is 35.5 Å². The predicted octanol–water partition coefficient (Wildman–Crippen LogP) is 5.14. The molecule has 3 aromatic rings. The summed E-state index contributed by atoms with van der Waals surface area (Å²) >= 11 is 0. The Morgan fingerprint density at radius 1 is 0.537 bits per heavy atom. The summed E-state index contributed by atoms with van der Waals surface area (Å²) in [5.41, 5.74) is 1.12. The van der Waals surface area contributed by atoms with E-state index in [9.17, 15) is 14.4 Å². The van der Waals surface area contributed by atoms with Gasteiger partial charge in [0.1, 0.15) is 23.9 Å². The molecule has 0 fully saturated rings. The number of hydrogen-bond acceptors (Lipinski definition) is 10. The SMILES string of the molecule is COc1ccc(C(=O)C([C@H](OC(C)=O)c2ccc(OC)c(OC)c2)[C@@H](OC(C)=O)c2ccc(OC)c(OC)c2)cc1. The van der Waals surface area contributed by atoms with Crippen LogP contribution in [0.2, 0.25) is 0 Å². The molecule has 1 unspecified atom stereocenters. The van der Waals surface area contributed by atoms with E-state index in [0.717, 1.165) is 0 Å². The van der Waals surface area contributed by atoms with Crippen molar-refractivity contribution in [1.82, 2.24) is 0 Å². The lowest BCUT2D eigenvalue weighted by atomic mass is 9.81. The van der Waals surface area contributed by atoms with Gasteiger partial charge in [-0.3, -0.25) is 14.4 Å². The Bertz CT molecular complexity index is 1290. The zero-order chi connectivity index (χ0) is 30.1. The monoisotopic (exact) mass is 566 g/mol. The first-order valence-electron chi connectivity index (χ1n) is 12.6. The Morgan fingerprint density at radius 3 is 1.29 bits per heavy atom. The van der Waals surface area contributed by atoms with Crippen molar-refractivity contribution in [3.8, 4) is 28.7 Å². The zero-order valence-corrected chi connectivity index (χ0v) is 24.1. The van der Waals surface area contributed by atoms with Gasteiger partial charge >= 0.3 is 11.9 Å². The van der Waals surface area contributed by atoms with E-state index < -0.39 is 35.8 Å². The van der Waals surface area contributed by atoms with E-state index in [1.165, 1.54) is 49.4 Å². The molecule has 0 bridgehead atoms. The highest BCUT2D eigenvalue weighted by atomic mass is 16.6. The Morgan fingerprint density at radius 2 is 0.951 bits per heavy atom. The minimum absolute atomic E-state index is 0.283. The molecular formula is C31H34O10. The molecule has 3 aromatic carbocycles. The van der Waals surface area contributed by atoms with Gasteiger partial charge in [-0.2, -0.15) is 0 Å². The molecule has 0 aliphatic rings. The smallest absolute Gasteiger partial charge is 0.303 e. The van der Waals surface area contributed by atoms with Crippen molar-refractivity contribution in [1.29, 1.82) is 0 Å². The molecule has 218 valence electrons. The zero-order valence-electron chi connectivity index (χ0n) is 24.1. The summed E-state index contributed by atoms with van der Waals surface area (Å²) in [6.45, 7) is 2.47. The van der Waals surface area contributed by atoms with Crippen LogP contribution in [-0.2, 0) is 19.1 Å². The van der Waals surface area contributed by atoms with Crippen LogP contribution < -0.4 is 23.7 Å². The molecule has 0 N–H and O–H groups in total. The minimum Gasteiger partial charge on any atom is -0.497 e. The van der Waals surface area contributed by atoms with Gasteiger partial charge < -0.3 is 33.2 Å². The summed E-state index contributed by atoms with van der Waals surface area (Å²) < 4.78 is 38.5. The van der Waals surface area contributed by atoms with Crippen LogP contribution in [0.4, 0.5) is 0 Å². The topological polar surface area (TPSA) is 116 Å². The van der Waals surface area contributed by atoms with Crippen molar-refractivity contribution in [2.45, 2.75) is 26.1 Å². The molecule has 0 spiro atoms. The third-order valence-corrected chi connectivity index (χ3v) is 6.39. The molecule has 10 nitrogen and oxygen atoms in total. The molecule has 10 heteroatoms. The molecule has 0 saturated heterocycles. The summed E-state index contributed by atoms with van der Waals surface area (Å²) in [6.07, 6.45) is -2.42. The average Bonchev–Trinajstić information content (AvgIpc) is 2.98. The first kappa shape index (κ1) is 30.8. The second kappa shape index (κ2) is 14.1. The van der Waals surface area contributed by atoms with Crippen LogP contribution in [0.5, 0.6) is 28.7 Å². The molecule has 0 aliphatic heterocycles. The molecule has 0 saturated carbocycles. The summed E-state index contributed by atoms with van der Waals surface area (Å²) in [5.74, 6) is -0.856. The van der Waals surface area contributed by atoms with Gasteiger partial charge in [-0.15, -0.1) is 0 Å². The van der Waals surface area contributed by atoms with Crippen molar-refractivity contribution in [2.24, 2.45) is 5.92 Å². The van der Waals surface area contributed by atoms with Crippen LogP contribution in [0, 0.1) is 5.92 Å². The number of Topliss-reactive ketones (excluding diaryl/α,β-unsaturated/α-hetero) is 1. The fraction of sp³-hybridized carbons (Fsp3) is 0.323. The van der Waals surface area contributed by atoms with Crippen LogP contribution in [0.15, 0.2) is 60.7 Å². The number of benzene rings is 3. The van der Waals surface area contributed by atoms with Crippen molar-refractivity contribution in [3.05, 3.63) is 77.4 Å². The Hall–Kier alpha value is -4.73. The van der Waals surface area contributed by atoms with Crippen molar-refractivity contribution >= 4 is 17.7 Å². The molecule has 0 aliphatic carbocycles. The van der Waals surface area contributed by atoms with Gasteiger partial charge in [0.2, 0.25) is 0 Å². The number of esters is 2. The van der Waals surface area contributed by atoms with E-state index in [0.29, 0.717) is 39.9 Å². The average molecular weight is 567 g/mol. The quantitative estimate of drug-likeness (QED) is 0.203. The third kappa shape index (κ3) is 7.27. The highest BCUT2D eigenvalue weighted by Crippen LogP contribution is 2.44. The highest BCUT2D eigenvalue weighted by Gasteiger charge is 2.42. The van der Waals surface area contributed by atoms with E-state index in [-0.39, 0.29) is 5.56 Å². The third-order valence-electron chi connectivity index (χ3n) is 6.39. The Kier molecular flexibility index (Phi) is 10.6. The van der Waals surface area contributed by atoms with Crippen molar-refractivity contribution in [3.63, 3.8) is 0 Å². The van der Waals surface area contributed by atoms with E-state index in [1.54, 1.807) is 60.7 Å². The summed E-state index contributed by atoms with van der Waals surface area (Å²) in [7, 11) is 7.43. The molecule has 0 radical (unpaired) electrons. The normalized spacial score (nSPS) is 12.8. The van der Waals surface area contributed by atoms with Gasteiger partial charge in [0.25, 0.3) is 0 Å². The van der Waals surface area contributed by atoms with Gasteiger partial charge in [0, 0.05) is 19.4 Å². The lowest BCUT2D eigenvalue weighted by molar-refractivity contribution is -0.157. The first-order valence-corrected chi connectivity index (χ1v) is 12.6.